The summed E-state index contributed by atoms with van der Waals surface area (Å²) in [5.41, 5.74) is 1.16. The van der Waals surface area contributed by atoms with Crippen LogP contribution in [0, 0.1) is 0 Å². The van der Waals surface area contributed by atoms with E-state index in [0.29, 0.717) is 11.1 Å². The molecule has 1 aliphatic rings. The first-order valence-electron chi connectivity index (χ1n) is 6.43. The van der Waals surface area contributed by atoms with Crippen molar-refractivity contribution in [2.45, 2.75) is 18.9 Å². The smallest absolute Gasteiger partial charge is 0.337 e. The van der Waals surface area contributed by atoms with Gasteiger partial charge in [0.2, 0.25) is 0 Å². The van der Waals surface area contributed by atoms with Gasteiger partial charge in [0.05, 0.1) is 10.6 Å². The summed E-state index contributed by atoms with van der Waals surface area (Å²) in [6.07, 6.45) is 2.34. The van der Waals surface area contributed by atoms with E-state index in [4.69, 9.17) is 16.7 Å². The number of carboxylic acid groups (broad SMARTS) is 1. The number of likely N-dealkylation sites (N-methyl/N-ethyl adjacent to an activating group) is 1. The largest absolute Gasteiger partial charge is 0.478 e. The number of hydrogen-bond acceptors (Lipinski definition) is 3. The fraction of sp³-hybridized carbons (Fsp3) is 0.500. The minimum atomic E-state index is -0.985. The highest BCUT2D eigenvalue weighted by Gasteiger charge is 2.22. The van der Waals surface area contributed by atoms with Gasteiger partial charge in [-0.2, -0.15) is 0 Å². The Morgan fingerprint density at radius 2 is 2.21 bits per heavy atom. The number of nitrogens with zero attached hydrogens (tertiary/aromatic N) is 2. The molecule has 1 aliphatic heterocycles. The summed E-state index contributed by atoms with van der Waals surface area (Å²) >= 11 is 6.02. The van der Waals surface area contributed by atoms with Gasteiger partial charge >= 0.3 is 5.97 Å². The third-order valence-electron chi connectivity index (χ3n) is 3.68. The molecule has 0 aromatic heterocycles. The van der Waals surface area contributed by atoms with Gasteiger partial charge in [-0.1, -0.05) is 11.6 Å². The standard InChI is InChI=1S/C14H19ClN2O2/c1-16(2)11-4-3-7-17(9-11)10-5-6-12(14(18)19)13(15)8-10/h5-6,8,11H,3-4,7,9H2,1-2H3,(H,18,19). The molecule has 0 amide bonds. The maximum Gasteiger partial charge on any atom is 0.337 e. The van der Waals surface area contributed by atoms with Crippen LogP contribution in [0.25, 0.3) is 0 Å². The topological polar surface area (TPSA) is 43.8 Å². The zero-order chi connectivity index (χ0) is 14.0. The van der Waals surface area contributed by atoms with Crippen molar-refractivity contribution in [2.24, 2.45) is 0 Å². The number of piperidine rings is 1. The normalized spacial score (nSPS) is 19.8. The van der Waals surface area contributed by atoms with Gasteiger partial charge in [0, 0.05) is 24.8 Å². The van der Waals surface area contributed by atoms with Crippen molar-refractivity contribution in [2.75, 3.05) is 32.1 Å². The number of carboxylic acids is 1. The average Bonchev–Trinajstić information content (AvgIpc) is 2.38. The SMILES string of the molecule is CN(C)C1CCCN(c2ccc(C(=O)O)c(Cl)c2)C1. The Labute approximate surface area is 118 Å². The molecule has 5 heteroatoms. The maximum atomic E-state index is 10.9. The average molecular weight is 283 g/mol. The van der Waals surface area contributed by atoms with E-state index >= 15 is 0 Å². The zero-order valence-electron chi connectivity index (χ0n) is 11.3. The molecule has 19 heavy (non-hydrogen) atoms. The predicted octanol–water partition coefficient (Wildman–Crippen LogP) is 2.57. The lowest BCUT2D eigenvalue weighted by atomic mass is 10.0. The number of rotatable bonds is 3. The second-order valence-electron chi connectivity index (χ2n) is 5.17. The fourth-order valence-electron chi connectivity index (χ4n) is 2.48. The van der Waals surface area contributed by atoms with E-state index in [-0.39, 0.29) is 5.56 Å². The highest BCUT2D eigenvalue weighted by molar-refractivity contribution is 6.33. The fourth-order valence-corrected chi connectivity index (χ4v) is 2.74. The molecule has 0 bridgehead atoms. The minimum absolute atomic E-state index is 0.159. The van der Waals surface area contributed by atoms with Crippen LogP contribution < -0.4 is 4.90 Å². The van der Waals surface area contributed by atoms with Crippen molar-refractivity contribution in [3.63, 3.8) is 0 Å². The lowest BCUT2D eigenvalue weighted by Gasteiger charge is -2.37. The monoisotopic (exact) mass is 282 g/mol. The van der Waals surface area contributed by atoms with Gasteiger partial charge in [0.25, 0.3) is 0 Å². The molecule has 0 saturated carbocycles. The molecule has 4 nitrogen and oxygen atoms in total. The summed E-state index contributed by atoms with van der Waals surface area (Å²) in [5, 5.41) is 9.28. The van der Waals surface area contributed by atoms with E-state index in [0.717, 1.165) is 25.2 Å². The quantitative estimate of drug-likeness (QED) is 0.925. The highest BCUT2D eigenvalue weighted by atomic mass is 35.5. The van der Waals surface area contributed by atoms with Crippen molar-refractivity contribution in [1.29, 1.82) is 0 Å². The van der Waals surface area contributed by atoms with E-state index in [1.54, 1.807) is 12.1 Å². The van der Waals surface area contributed by atoms with Crippen LogP contribution in [0.4, 0.5) is 5.69 Å². The van der Waals surface area contributed by atoms with Gasteiger partial charge in [0.1, 0.15) is 0 Å². The van der Waals surface area contributed by atoms with E-state index in [1.165, 1.54) is 6.42 Å². The summed E-state index contributed by atoms with van der Waals surface area (Å²) in [6.45, 7) is 1.95. The van der Waals surface area contributed by atoms with Crippen molar-refractivity contribution < 1.29 is 9.90 Å². The van der Waals surface area contributed by atoms with E-state index in [9.17, 15) is 4.79 Å². The van der Waals surface area contributed by atoms with Crippen LogP contribution in [0.1, 0.15) is 23.2 Å². The molecule has 0 spiro atoms. The molecule has 1 fully saturated rings. The summed E-state index contributed by atoms with van der Waals surface area (Å²) in [7, 11) is 4.18. The van der Waals surface area contributed by atoms with E-state index in [2.05, 4.69) is 23.9 Å². The van der Waals surface area contributed by atoms with Crippen molar-refractivity contribution in [3.05, 3.63) is 28.8 Å². The second kappa shape index (κ2) is 5.80. The number of aromatic carboxylic acids is 1. The molecule has 1 unspecified atom stereocenters. The Hall–Kier alpha value is -1.26. The summed E-state index contributed by atoms with van der Waals surface area (Å²) in [6, 6.07) is 5.71. The Balaban J connectivity index is 2.18. The Morgan fingerprint density at radius 1 is 1.47 bits per heavy atom. The van der Waals surface area contributed by atoms with Crippen molar-refractivity contribution in [1.82, 2.24) is 4.90 Å². The molecule has 1 aromatic rings. The highest BCUT2D eigenvalue weighted by Crippen LogP contribution is 2.26. The zero-order valence-corrected chi connectivity index (χ0v) is 12.0. The van der Waals surface area contributed by atoms with Gasteiger partial charge in [0.15, 0.2) is 0 Å². The maximum absolute atomic E-state index is 10.9. The molecular weight excluding hydrogens is 264 g/mol. The van der Waals surface area contributed by atoms with Crippen molar-refractivity contribution >= 4 is 23.3 Å². The van der Waals surface area contributed by atoms with E-state index in [1.807, 2.05) is 6.07 Å². The molecule has 1 aromatic carbocycles. The number of carbonyl (C=O) groups is 1. The van der Waals surface area contributed by atoms with Gasteiger partial charge in [-0.25, -0.2) is 4.79 Å². The van der Waals surface area contributed by atoms with Crippen LogP contribution in [-0.2, 0) is 0 Å². The van der Waals surface area contributed by atoms with Gasteiger partial charge in [-0.15, -0.1) is 0 Å². The molecule has 104 valence electrons. The van der Waals surface area contributed by atoms with Crippen LogP contribution in [0.2, 0.25) is 5.02 Å². The molecule has 1 heterocycles. The van der Waals surface area contributed by atoms with Crippen LogP contribution in [-0.4, -0.2) is 49.2 Å². The molecule has 1 saturated heterocycles. The van der Waals surface area contributed by atoms with E-state index < -0.39 is 5.97 Å². The summed E-state index contributed by atoms with van der Waals surface area (Å²) in [4.78, 5) is 15.5. The van der Waals surface area contributed by atoms with Gasteiger partial charge in [-0.3, -0.25) is 0 Å². The molecule has 0 aliphatic carbocycles. The van der Waals surface area contributed by atoms with Crippen LogP contribution in [0.15, 0.2) is 18.2 Å². The second-order valence-corrected chi connectivity index (χ2v) is 5.58. The lowest BCUT2D eigenvalue weighted by molar-refractivity contribution is 0.0697. The lowest BCUT2D eigenvalue weighted by Crippen LogP contribution is -2.45. The van der Waals surface area contributed by atoms with Crippen LogP contribution in [0.3, 0.4) is 0 Å². The van der Waals surface area contributed by atoms with Crippen LogP contribution >= 0.6 is 11.6 Å². The summed E-state index contributed by atoms with van der Waals surface area (Å²) < 4.78 is 0. The first-order valence-corrected chi connectivity index (χ1v) is 6.81. The molecule has 1 atom stereocenters. The molecule has 1 N–H and O–H groups in total. The number of hydrogen-bond donors (Lipinski definition) is 1. The van der Waals surface area contributed by atoms with Gasteiger partial charge < -0.3 is 14.9 Å². The number of anilines is 1. The summed E-state index contributed by atoms with van der Waals surface area (Å²) in [5.74, 6) is -0.985. The molecular formula is C14H19ClN2O2. The number of halogens is 1. The Bertz CT molecular complexity index is 477. The third-order valence-corrected chi connectivity index (χ3v) is 3.99. The third kappa shape index (κ3) is 3.19. The minimum Gasteiger partial charge on any atom is -0.478 e. The number of benzene rings is 1. The van der Waals surface area contributed by atoms with Gasteiger partial charge in [-0.05, 0) is 45.1 Å². The first-order chi connectivity index (χ1) is 8.99. The van der Waals surface area contributed by atoms with Crippen LogP contribution in [0.5, 0.6) is 0 Å². The Kier molecular flexibility index (Phi) is 4.32. The Morgan fingerprint density at radius 3 is 2.79 bits per heavy atom. The predicted molar refractivity (Wildman–Crippen MR) is 77.3 cm³/mol. The molecule has 2 rings (SSSR count). The first kappa shape index (κ1) is 14.2. The van der Waals surface area contributed by atoms with Crippen molar-refractivity contribution in [3.8, 4) is 0 Å². The molecule has 0 radical (unpaired) electrons.